The molecule has 0 bridgehead atoms. The summed E-state index contributed by atoms with van der Waals surface area (Å²) in [5.41, 5.74) is -0.185. The van der Waals surface area contributed by atoms with E-state index < -0.39 is 16.8 Å². The van der Waals surface area contributed by atoms with Crippen molar-refractivity contribution >= 4 is 17.6 Å². The highest BCUT2D eigenvalue weighted by atomic mass is 16.6. The summed E-state index contributed by atoms with van der Waals surface area (Å²) in [5, 5.41) is 22.8. The van der Waals surface area contributed by atoms with Gasteiger partial charge in [-0.15, -0.1) is 0 Å². The summed E-state index contributed by atoms with van der Waals surface area (Å²) < 4.78 is 1.16. The molecule has 1 aliphatic rings. The molecule has 0 unspecified atom stereocenters. The van der Waals surface area contributed by atoms with Crippen molar-refractivity contribution in [1.82, 2.24) is 14.7 Å². The van der Waals surface area contributed by atoms with Crippen LogP contribution in [0.3, 0.4) is 0 Å². The molecule has 96 valence electrons. The lowest BCUT2D eigenvalue weighted by molar-refractivity contribution is -0.385. The van der Waals surface area contributed by atoms with E-state index in [1.54, 1.807) is 0 Å². The second-order valence-electron chi connectivity index (χ2n) is 3.99. The summed E-state index contributed by atoms with van der Waals surface area (Å²) in [6.45, 7) is 0.231. The Morgan fingerprint density at radius 3 is 2.72 bits per heavy atom. The van der Waals surface area contributed by atoms with Gasteiger partial charge in [0.05, 0.1) is 10.8 Å². The minimum absolute atomic E-state index is 0.125. The topological polar surface area (TPSA) is 119 Å². The van der Waals surface area contributed by atoms with Gasteiger partial charge in [0, 0.05) is 13.1 Å². The van der Waals surface area contributed by atoms with Gasteiger partial charge in [0.15, 0.2) is 0 Å². The van der Waals surface area contributed by atoms with Gasteiger partial charge in [-0.25, -0.2) is 0 Å². The number of rotatable bonds is 4. The van der Waals surface area contributed by atoms with E-state index in [1.807, 2.05) is 0 Å². The summed E-state index contributed by atoms with van der Waals surface area (Å²) in [5.74, 6) is -1.74. The van der Waals surface area contributed by atoms with Crippen LogP contribution in [0, 0.1) is 16.0 Å². The van der Waals surface area contributed by atoms with Crippen LogP contribution in [0.1, 0.15) is 0 Å². The summed E-state index contributed by atoms with van der Waals surface area (Å²) in [4.78, 5) is 33.4. The number of nitrogens with zero attached hydrogens (tertiary/aromatic N) is 4. The van der Waals surface area contributed by atoms with Crippen LogP contribution >= 0.6 is 0 Å². The Bertz CT molecular complexity index is 505. The number of nitro groups is 1. The number of amides is 1. The lowest BCUT2D eigenvalue weighted by Crippen LogP contribution is -2.53. The number of hydrogen-bond acceptors (Lipinski definition) is 5. The Morgan fingerprint density at radius 2 is 2.22 bits per heavy atom. The van der Waals surface area contributed by atoms with Crippen molar-refractivity contribution in [1.29, 1.82) is 0 Å². The molecule has 1 saturated heterocycles. The van der Waals surface area contributed by atoms with Crippen LogP contribution in [0.15, 0.2) is 12.4 Å². The number of aliphatic carboxylic acids is 1. The third-order valence-corrected chi connectivity index (χ3v) is 2.71. The van der Waals surface area contributed by atoms with Gasteiger partial charge in [-0.05, 0) is 0 Å². The molecule has 1 aliphatic heterocycles. The molecule has 1 N–H and O–H groups in total. The lowest BCUT2D eigenvalue weighted by Gasteiger charge is -2.36. The standard InChI is InChI=1S/C9H10N4O5/c14-8(11-2-6(3-11)9(15)16)5-12-4-7(1-10-12)13(17)18/h1,4,6H,2-3,5H2,(H,15,16). The van der Waals surface area contributed by atoms with Gasteiger partial charge in [-0.1, -0.05) is 0 Å². The van der Waals surface area contributed by atoms with Gasteiger partial charge in [0.2, 0.25) is 5.91 Å². The molecule has 1 aromatic heterocycles. The van der Waals surface area contributed by atoms with Crippen molar-refractivity contribution in [2.75, 3.05) is 13.1 Å². The monoisotopic (exact) mass is 254 g/mol. The lowest BCUT2D eigenvalue weighted by atomic mass is 10.0. The van der Waals surface area contributed by atoms with E-state index in [2.05, 4.69) is 5.10 Å². The van der Waals surface area contributed by atoms with Crippen molar-refractivity contribution in [3.05, 3.63) is 22.5 Å². The molecule has 0 aromatic carbocycles. The molecule has 0 spiro atoms. The second kappa shape index (κ2) is 4.43. The van der Waals surface area contributed by atoms with Gasteiger partial charge in [-0.2, -0.15) is 5.10 Å². The SMILES string of the molecule is O=C(O)C1CN(C(=O)Cn2cc([N+](=O)[O-])cn2)C1. The van der Waals surface area contributed by atoms with Crippen LogP contribution in [-0.4, -0.2) is 49.7 Å². The van der Waals surface area contributed by atoms with Gasteiger partial charge < -0.3 is 10.0 Å². The zero-order chi connectivity index (χ0) is 13.3. The summed E-state index contributed by atoms with van der Waals surface area (Å²) in [6, 6.07) is 0. The Labute approximate surface area is 101 Å². The molecule has 0 atom stereocenters. The number of carbonyl (C=O) groups excluding carboxylic acids is 1. The Balaban J connectivity index is 1.88. The highest BCUT2D eigenvalue weighted by molar-refractivity contribution is 5.80. The maximum Gasteiger partial charge on any atom is 0.310 e. The first-order valence-electron chi connectivity index (χ1n) is 5.15. The van der Waals surface area contributed by atoms with E-state index in [0.29, 0.717) is 0 Å². The van der Waals surface area contributed by atoms with E-state index >= 15 is 0 Å². The highest BCUT2D eigenvalue weighted by Gasteiger charge is 2.35. The van der Waals surface area contributed by atoms with Crippen LogP contribution in [0.4, 0.5) is 5.69 Å². The quantitative estimate of drug-likeness (QED) is 0.562. The molecule has 2 heterocycles. The van der Waals surface area contributed by atoms with Gasteiger partial charge >= 0.3 is 11.7 Å². The fraction of sp³-hybridized carbons (Fsp3) is 0.444. The predicted molar refractivity (Wildman–Crippen MR) is 56.6 cm³/mol. The summed E-state index contributed by atoms with van der Waals surface area (Å²) in [6.07, 6.45) is 2.22. The minimum atomic E-state index is -0.922. The molecule has 1 fully saturated rings. The number of likely N-dealkylation sites (tertiary alicyclic amines) is 1. The van der Waals surface area contributed by atoms with Crippen molar-refractivity contribution in [2.45, 2.75) is 6.54 Å². The largest absolute Gasteiger partial charge is 0.481 e. The Morgan fingerprint density at radius 1 is 1.56 bits per heavy atom. The maximum atomic E-state index is 11.6. The summed E-state index contributed by atoms with van der Waals surface area (Å²) in [7, 11) is 0. The first kappa shape index (κ1) is 12.0. The van der Waals surface area contributed by atoms with Crippen molar-refractivity contribution in [3.8, 4) is 0 Å². The number of hydrogen-bond donors (Lipinski definition) is 1. The Hall–Kier alpha value is -2.45. The van der Waals surface area contributed by atoms with Gasteiger partial charge in [-0.3, -0.25) is 24.4 Å². The first-order chi connectivity index (χ1) is 8.47. The number of carboxylic acid groups (broad SMARTS) is 1. The Kier molecular flexibility index (Phi) is 2.96. The summed E-state index contributed by atoms with van der Waals surface area (Å²) >= 11 is 0. The van der Waals surface area contributed by atoms with E-state index in [9.17, 15) is 19.7 Å². The number of aromatic nitrogens is 2. The molecule has 9 nitrogen and oxygen atoms in total. The third-order valence-electron chi connectivity index (χ3n) is 2.71. The first-order valence-corrected chi connectivity index (χ1v) is 5.15. The fourth-order valence-corrected chi connectivity index (χ4v) is 1.61. The van der Waals surface area contributed by atoms with Crippen LogP contribution in [0.25, 0.3) is 0 Å². The van der Waals surface area contributed by atoms with Crippen molar-refractivity contribution in [2.24, 2.45) is 5.92 Å². The molecule has 18 heavy (non-hydrogen) atoms. The molecule has 1 aromatic rings. The molecule has 0 saturated carbocycles. The maximum absolute atomic E-state index is 11.6. The second-order valence-corrected chi connectivity index (χ2v) is 3.99. The van der Waals surface area contributed by atoms with E-state index in [4.69, 9.17) is 5.11 Å². The van der Waals surface area contributed by atoms with Crippen molar-refractivity contribution in [3.63, 3.8) is 0 Å². The van der Waals surface area contributed by atoms with Gasteiger partial charge in [0.1, 0.15) is 18.9 Å². The molecule has 0 radical (unpaired) electrons. The number of carbonyl (C=O) groups is 2. The zero-order valence-corrected chi connectivity index (χ0v) is 9.22. The minimum Gasteiger partial charge on any atom is -0.481 e. The molecular formula is C9H10N4O5. The molecular weight excluding hydrogens is 244 g/mol. The van der Waals surface area contributed by atoms with E-state index in [-0.39, 0.29) is 31.2 Å². The van der Waals surface area contributed by atoms with Crippen LogP contribution in [0.2, 0.25) is 0 Å². The average molecular weight is 254 g/mol. The van der Waals surface area contributed by atoms with Crippen LogP contribution in [0.5, 0.6) is 0 Å². The van der Waals surface area contributed by atoms with E-state index in [0.717, 1.165) is 17.1 Å². The molecule has 0 aliphatic carbocycles. The highest BCUT2D eigenvalue weighted by Crippen LogP contribution is 2.16. The zero-order valence-electron chi connectivity index (χ0n) is 9.22. The van der Waals surface area contributed by atoms with Gasteiger partial charge in [0.25, 0.3) is 0 Å². The number of carboxylic acids is 1. The molecule has 9 heteroatoms. The van der Waals surface area contributed by atoms with Crippen LogP contribution < -0.4 is 0 Å². The fourth-order valence-electron chi connectivity index (χ4n) is 1.61. The molecule has 2 rings (SSSR count). The molecule has 1 amide bonds. The average Bonchev–Trinajstić information content (AvgIpc) is 2.62. The van der Waals surface area contributed by atoms with Crippen molar-refractivity contribution < 1.29 is 19.6 Å². The third kappa shape index (κ3) is 2.29. The van der Waals surface area contributed by atoms with E-state index in [1.165, 1.54) is 4.90 Å². The predicted octanol–water partition coefficient (Wildman–Crippen LogP) is -0.666. The normalized spacial score (nSPS) is 15.2. The van der Waals surface area contributed by atoms with Crippen LogP contribution in [-0.2, 0) is 16.1 Å². The smallest absolute Gasteiger partial charge is 0.310 e.